The molecule has 1 heterocycles. The lowest BCUT2D eigenvalue weighted by atomic mass is 10.4. The molecule has 1 aromatic rings. The molecule has 0 saturated carbocycles. The smallest absolute Gasteiger partial charge is 0.373 e. The minimum absolute atomic E-state index is 0.193. The quantitative estimate of drug-likeness (QED) is 0.585. The molecular formula is C10H15NO4S. The molecular weight excluding hydrogens is 230 g/mol. The number of carbonyl (C=O) groups excluding carboxylic acids is 1. The van der Waals surface area contributed by atoms with E-state index in [2.05, 4.69) is 10.1 Å². The Labute approximate surface area is 96.6 Å². The molecule has 16 heavy (non-hydrogen) atoms. The number of rotatable bonds is 6. The van der Waals surface area contributed by atoms with Crippen LogP contribution in [-0.2, 0) is 22.1 Å². The van der Waals surface area contributed by atoms with Crippen LogP contribution in [0.3, 0.4) is 0 Å². The normalized spacial score (nSPS) is 12.4. The van der Waals surface area contributed by atoms with Crippen molar-refractivity contribution in [2.45, 2.75) is 6.54 Å². The molecule has 0 aliphatic carbocycles. The Bertz CT molecular complexity index is 375. The summed E-state index contributed by atoms with van der Waals surface area (Å²) in [7, 11) is 0.511. The number of ether oxygens (including phenoxy) is 1. The molecule has 0 aliphatic rings. The van der Waals surface area contributed by atoms with E-state index in [1.165, 1.54) is 7.11 Å². The van der Waals surface area contributed by atoms with Crippen LogP contribution in [0.2, 0.25) is 0 Å². The van der Waals surface area contributed by atoms with Crippen LogP contribution in [0.1, 0.15) is 16.3 Å². The molecule has 1 aromatic heterocycles. The summed E-state index contributed by atoms with van der Waals surface area (Å²) in [4.78, 5) is 11.1. The summed E-state index contributed by atoms with van der Waals surface area (Å²) in [6.07, 6.45) is 1.66. The minimum atomic E-state index is -0.794. The van der Waals surface area contributed by atoms with Crippen LogP contribution in [0.15, 0.2) is 16.5 Å². The standard InChI is InChI=1S/C10H15NO4S/c1-14-10(12)9-4-3-8(15-9)7-11-5-6-16(2)13/h3-4,11H,5-7H2,1-2H3. The van der Waals surface area contributed by atoms with E-state index < -0.39 is 16.8 Å². The maximum Gasteiger partial charge on any atom is 0.373 e. The zero-order valence-corrected chi connectivity index (χ0v) is 10.1. The Morgan fingerprint density at radius 2 is 2.31 bits per heavy atom. The van der Waals surface area contributed by atoms with Gasteiger partial charge in [-0.2, -0.15) is 0 Å². The van der Waals surface area contributed by atoms with Crippen molar-refractivity contribution in [2.75, 3.05) is 25.7 Å². The van der Waals surface area contributed by atoms with Crippen molar-refractivity contribution in [1.82, 2.24) is 5.32 Å². The van der Waals surface area contributed by atoms with Gasteiger partial charge in [0, 0.05) is 29.4 Å². The summed E-state index contributed by atoms with van der Waals surface area (Å²) >= 11 is 0. The highest BCUT2D eigenvalue weighted by Crippen LogP contribution is 2.08. The lowest BCUT2D eigenvalue weighted by Crippen LogP contribution is -2.19. The van der Waals surface area contributed by atoms with E-state index in [4.69, 9.17) is 4.42 Å². The molecule has 0 amide bonds. The van der Waals surface area contributed by atoms with Crippen molar-refractivity contribution < 1.29 is 18.2 Å². The van der Waals surface area contributed by atoms with Gasteiger partial charge in [-0.15, -0.1) is 0 Å². The number of methoxy groups -OCH3 is 1. The summed E-state index contributed by atoms with van der Waals surface area (Å²) in [5.41, 5.74) is 0. The molecule has 0 spiro atoms. The highest BCUT2D eigenvalue weighted by Gasteiger charge is 2.10. The summed E-state index contributed by atoms with van der Waals surface area (Å²) in [5, 5.41) is 3.06. The van der Waals surface area contributed by atoms with E-state index in [9.17, 15) is 9.00 Å². The first-order chi connectivity index (χ1) is 7.63. The first-order valence-electron chi connectivity index (χ1n) is 4.81. The third kappa shape index (κ3) is 4.16. The maximum atomic E-state index is 11.1. The van der Waals surface area contributed by atoms with E-state index in [1.807, 2.05) is 0 Å². The van der Waals surface area contributed by atoms with Crippen LogP contribution in [0.25, 0.3) is 0 Å². The molecule has 1 atom stereocenters. The van der Waals surface area contributed by atoms with Crippen molar-refractivity contribution in [3.8, 4) is 0 Å². The van der Waals surface area contributed by atoms with Crippen molar-refractivity contribution in [2.24, 2.45) is 0 Å². The van der Waals surface area contributed by atoms with Gasteiger partial charge in [0.1, 0.15) is 5.76 Å². The van der Waals surface area contributed by atoms with Crippen molar-refractivity contribution in [3.05, 3.63) is 23.7 Å². The molecule has 0 bridgehead atoms. The van der Waals surface area contributed by atoms with Crippen molar-refractivity contribution >= 4 is 16.8 Å². The average Bonchev–Trinajstić information content (AvgIpc) is 2.71. The van der Waals surface area contributed by atoms with E-state index in [0.29, 0.717) is 24.6 Å². The number of esters is 1. The zero-order valence-electron chi connectivity index (χ0n) is 9.32. The molecule has 0 saturated heterocycles. The number of carbonyl (C=O) groups is 1. The third-order valence-electron chi connectivity index (χ3n) is 1.91. The summed E-state index contributed by atoms with van der Waals surface area (Å²) in [6.45, 7) is 1.16. The van der Waals surface area contributed by atoms with Gasteiger partial charge in [-0.25, -0.2) is 4.79 Å². The molecule has 1 unspecified atom stereocenters. The average molecular weight is 245 g/mol. The Morgan fingerprint density at radius 3 is 2.94 bits per heavy atom. The third-order valence-corrected chi connectivity index (χ3v) is 2.69. The molecule has 0 radical (unpaired) electrons. The fraction of sp³-hybridized carbons (Fsp3) is 0.500. The van der Waals surface area contributed by atoms with Crippen LogP contribution in [-0.4, -0.2) is 35.8 Å². The van der Waals surface area contributed by atoms with E-state index in [1.54, 1.807) is 18.4 Å². The Balaban J connectivity index is 2.35. The predicted octanol–water partition coefficient (Wildman–Crippen LogP) is 0.534. The van der Waals surface area contributed by atoms with Crippen LogP contribution in [0.5, 0.6) is 0 Å². The molecule has 1 rings (SSSR count). The number of furan rings is 1. The van der Waals surface area contributed by atoms with E-state index in [0.717, 1.165) is 0 Å². The summed E-state index contributed by atoms with van der Waals surface area (Å²) in [5.74, 6) is 0.964. The molecule has 6 heteroatoms. The Morgan fingerprint density at radius 1 is 1.56 bits per heavy atom. The van der Waals surface area contributed by atoms with Gasteiger partial charge in [0.15, 0.2) is 0 Å². The van der Waals surface area contributed by atoms with Gasteiger partial charge in [-0.05, 0) is 12.1 Å². The summed E-state index contributed by atoms with van der Waals surface area (Å²) in [6, 6.07) is 3.28. The van der Waals surface area contributed by atoms with Gasteiger partial charge in [0.05, 0.1) is 13.7 Å². The van der Waals surface area contributed by atoms with E-state index in [-0.39, 0.29) is 5.76 Å². The highest BCUT2D eigenvalue weighted by molar-refractivity contribution is 7.84. The minimum Gasteiger partial charge on any atom is -0.463 e. The summed E-state index contributed by atoms with van der Waals surface area (Å²) < 4.78 is 20.5. The first-order valence-corrected chi connectivity index (χ1v) is 6.54. The van der Waals surface area contributed by atoms with Crippen LogP contribution >= 0.6 is 0 Å². The SMILES string of the molecule is COC(=O)c1ccc(CNCCS(C)=O)o1. The number of nitrogens with one attached hydrogen (secondary N) is 1. The molecule has 5 nitrogen and oxygen atoms in total. The Kier molecular flexibility index (Phi) is 5.21. The van der Waals surface area contributed by atoms with Crippen molar-refractivity contribution in [3.63, 3.8) is 0 Å². The van der Waals surface area contributed by atoms with Crippen LogP contribution in [0.4, 0.5) is 0 Å². The molecule has 0 fully saturated rings. The fourth-order valence-electron chi connectivity index (χ4n) is 1.11. The largest absolute Gasteiger partial charge is 0.463 e. The molecule has 0 aromatic carbocycles. The zero-order chi connectivity index (χ0) is 12.0. The lowest BCUT2D eigenvalue weighted by Gasteiger charge is -2.00. The highest BCUT2D eigenvalue weighted by atomic mass is 32.2. The van der Waals surface area contributed by atoms with Gasteiger partial charge in [-0.3, -0.25) is 4.21 Å². The van der Waals surface area contributed by atoms with Gasteiger partial charge < -0.3 is 14.5 Å². The topological polar surface area (TPSA) is 68.5 Å². The van der Waals surface area contributed by atoms with E-state index >= 15 is 0 Å². The predicted molar refractivity (Wildman–Crippen MR) is 60.7 cm³/mol. The van der Waals surface area contributed by atoms with Crippen LogP contribution < -0.4 is 5.32 Å². The van der Waals surface area contributed by atoms with Crippen LogP contribution in [0, 0.1) is 0 Å². The lowest BCUT2D eigenvalue weighted by molar-refractivity contribution is 0.0563. The molecule has 1 N–H and O–H groups in total. The van der Waals surface area contributed by atoms with Gasteiger partial charge in [0.25, 0.3) is 0 Å². The fourth-order valence-corrected chi connectivity index (χ4v) is 1.54. The number of hydrogen-bond acceptors (Lipinski definition) is 5. The molecule has 90 valence electrons. The second-order valence-corrected chi connectivity index (χ2v) is 4.77. The second-order valence-electron chi connectivity index (χ2n) is 3.21. The first kappa shape index (κ1) is 12.9. The van der Waals surface area contributed by atoms with Gasteiger partial charge >= 0.3 is 5.97 Å². The van der Waals surface area contributed by atoms with Gasteiger partial charge in [0.2, 0.25) is 5.76 Å². The monoisotopic (exact) mass is 245 g/mol. The maximum absolute atomic E-state index is 11.1. The Hall–Kier alpha value is -1.14. The van der Waals surface area contributed by atoms with Crippen molar-refractivity contribution in [1.29, 1.82) is 0 Å². The second kappa shape index (κ2) is 6.44. The van der Waals surface area contributed by atoms with Gasteiger partial charge in [-0.1, -0.05) is 0 Å². The molecule has 0 aliphatic heterocycles. The number of hydrogen-bond donors (Lipinski definition) is 1.